The zero-order valence-electron chi connectivity index (χ0n) is 5.71. The van der Waals surface area contributed by atoms with Crippen molar-refractivity contribution >= 4 is 17.6 Å². The van der Waals surface area contributed by atoms with Gasteiger partial charge in [-0.25, -0.2) is 14.8 Å². The zero-order valence-corrected chi connectivity index (χ0v) is 6.46. The highest BCUT2D eigenvalue weighted by atomic mass is 35.5. The van der Waals surface area contributed by atoms with E-state index < -0.39 is 5.97 Å². The molecule has 4 nitrogen and oxygen atoms in total. The van der Waals surface area contributed by atoms with E-state index in [1.165, 1.54) is 6.20 Å². The first kappa shape index (κ1) is 7.94. The van der Waals surface area contributed by atoms with Crippen LogP contribution in [0.15, 0.2) is 6.20 Å². The summed E-state index contributed by atoms with van der Waals surface area (Å²) < 4.78 is 0. The molecule has 0 aromatic carbocycles. The smallest absolute Gasteiger partial charge is 0.356 e. The van der Waals surface area contributed by atoms with E-state index >= 15 is 0 Å². The first-order chi connectivity index (χ1) is 5.11. The van der Waals surface area contributed by atoms with Crippen LogP contribution in [0.2, 0.25) is 5.15 Å². The minimum atomic E-state index is -1.09. The van der Waals surface area contributed by atoms with Gasteiger partial charge in [0.1, 0.15) is 5.15 Å². The van der Waals surface area contributed by atoms with E-state index in [4.69, 9.17) is 16.7 Å². The van der Waals surface area contributed by atoms with Gasteiger partial charge in [0.15, 0.2) is 5.69 Å². The van der Waals surface area contributed by atoms with Gasteiger partial charge < -0.3 is 5.11 Å². The van der Waals surface area contributed by atoms with Crippen LogP contribution in [-0.2, 0) is 0 Å². The van der Waals surface area contributed by atoms with Gasteiger partial charge >= 0.3 is 5.97 Å². The Balaban J connectivity index is 3.20. The fourth-order valence-electron chi connectivity index (χ4n) is 0.663. The molecular weight excluding hydrogens is 168 g/mol. The van der Waals surface area contributed by atoms with E-state index in [-0.39, 0.29) is 10.8 Å². The molecule has 0 aliphatic heterocycles. The molecule has 0 saturated carbocycles. The van der Waals surface area contributed by atoms with Gasteiger partial charge in [0.2, 0.25) is 0 Å². The van der Waals surface area contributed by atoms with E-state index in [1.54, 1.807) is 6.92 Å². The summed E-state index contributed by atoms with van der Waals surface area (Å²) in [5.74, 6) is -1.09. The van der Waals surface area contributed by atoms with E-state index in [1.807, 2.05) is 0 Å². The van der Waals surface area contributed by atoms with Crippen LogP contribution >= 0.6 is 11.6 Å². The molecule has 1 heterocycles. The van der Waals surface area contributed by atoms with Crippen molar-refractivity contribution in [1.82, 2.24) is 9.97 Å². The number of carbonyl (C=O) groups is 1. The highest BCUT2D eigenvalue weighted by Gasteiger charge is 2.09. The lowest BCUT2D eigenvalue weighted by atomic mass is 10.3. The number of nitrogens with zero attached hydrogens (tertiary/aromatic N) is 2. The first-order valence-electron chi connectivity index (χ1n) is 2.83. The molecule has 0 amide bonds. The van der Waals surface area contributed by atoms with Crippen molar-refractivity contribution in [2.45, 2.75) is 6.92 Å². The molecule has 0 saturated heterocycles. The number of aromatic nitrogens is 2. The lowest BCUT2D eigenvalue weighted by Crippen LogP contribution is -2.04. The molecule has 1 N–H and O–H groups in total. The van der Waals surface area contributed by atoms with Crippen LogP contribution in [0.3, 0.4) is 0 Å². The Kier molecular flexibility index (Phi) is 2.05. The minimum Gasteiger partial charge on any atom is -0.476 e. The van der Waals surface area contributed by atoms with E-state index in [9.17, 15) is 4.79 Å². The van der Waals surface area contributed by atoms with E-state index in [2.05, 4.69) is 9.97 Å². The van der Waals surface area contributed by atoms with Crippen molar-refractivity contribution in [3.63, 3.8) is 0 Å². The summed E-state index contributed by atoms with van der Waals surface area (Å²) in [6.45, 7) is 1.54. The maximum absolute atomic E-state index is 10.4. The molecule has 5 heteroatoms. The van der Waals surface area contributed by atoms with Gasteiger partial charge in [-0.15, -0.1) is 0 Å². The van der Waals surface area contributed by atoms with Crippen molar-refractivity contribution in [3.05, 3.63) is 22.7 Å². The predicted octanol–water partition coefficient (Wildman–Crippen LogP) is 1.14. The third kappa shape index (κ3) is 1.65. The maximum Gasteiger partial charge on any atom is 0.356 e. The Hall–Kier alpha value is -1.16. The monoisotopic (exact) mass is 172 g/mol. The number of halogens is 1. The highest BCUT2D eigenvalue weighted by molar-refractivity contribution is 6.29. The maximum atomic E-state index is 10.4. The molecule has 0 fully saturated rings. The second kappa shape index (κ2) is 2.84. The predicted molar refractivity (Wildman–Crippen MR) is 38.7 cm³/mol. The largest absolute Gasteiger partial charge is 0.476 e. The van der Waals surface area contributed by atoms with Crippen molar-refractivity contribution < 1.29 is 9.90 Å². The molecule has 1 aromatic rings. The van der Waals surface area contributed by atoms with Gasteiger partial charge in [0.25, 0.3) is 0 Å². The molecule has 0 aliphatic rings. The molecular formula is C6H5ClN2O2. The van der Waals surface area contributed by atoms with Gasteiger partial charge in [-0.1, -0.05) is 11.6 Å². The van der Waals surface area contributed by atoms with Crippen LogP contribution in [0.1, 0.15) is 16.2 Å². The van der Waals surface area contributed by atoms with Crippen molar-refractivity contribution in [3.8, 4) is 0 Å². The Morgan fingerprint density at radius 1 is 1.73 bits per heavy atom. The van der Waals surface area contributed by atoms with Gasteiger partial charge in [-0.05, 0) is 6.92 Å². The second-order valence-corrected chi connectivity index (χ2v) is 2.32. The quantitative estimate of drug-likeness (QED) is 0.690. The van der Waals surface area contributed by atoms with E-state index in [0.717, 1.165) is 0 Å². The van der Waals surface area contributed by atoms with Gasteiger partial charge in [0, 0.05) is 0 Å². The molecule has 11 heavy (non-hydrogen) atoms. The minimum absolute atomic E-state index is 0.0607. The van der Waals surface area contributed by atoms with Crippen LogP contribution in [-0.4, -0.2) is 21.0 Å². The van der Waals surface area contributed by atoms with Crippen LogP contribution in [0, 0.1) is 6.92 Å². The average molecular weight is 173 g/mol. The number of rotatable bonds is 1. The summed E-state index contributed by atoms with van der Waals surface area (Å²) in [6.07, 6.45) is 1.21. The van der Waals surface area contributed by atoms with Crippen LogP contribution in [0.4, 0.5) is 0 Å². The Labute approximate surface area is 67.9 Å². The van der Waals surface area contributed by atoms with Crippen molar-refractivity contribution in [1.29, 1.82) is 0 Å². The first-order valence-corrected chi connectivity index (χ1v) is 3.21. The summed E-state index contributed by atoms with van der Waals surface area (Å²) >= 11 is 5.46. The van der Waals surface area contributed by atoms with Crippen LogP contribution in [0.5, 0.6) is 0 Å². The Morgan fingerprint density at radius 2 is 2.36 bits per heavy atom. The summed E-state index contributed by atoms with van der Waals surface area (Å²) in [5.41, 5.74) is 0.263. The fraction of sp³-hybridized carbons (Fsp3) is 0.167. The zero-order chi connectivity index (χ0) is 8.43. The summed E-state index contributed by atoms with van der Waals surface area (Å²) in [4.78, 5) is 17.7. The molecule has 0 bridgehead atoms. The molecule has 0 unspecified atom stereocenters. The third-order valence-corrected chi connectivity index (χ3v) is 1.30. The van der Waals surface area contributed by atoms with Crippen LogP contribution in [0.25, 0.3) is 0 Å². The lowest BCUT2D eigenvalue weighted by molar-refractivity contribution is 0.0689. The molecule has 0 aliphatic carbocycles. The number of carboxylic acid groups (broad SMARTS) is 1. The van der Waals surface area contributed by atoms with Crippen molar-refractivity contribution in [2.24, 2.45) is 0 Å². The summed E-state index contributed by atoms with van der Waals surface area (Å²) in [6, 6.07) is 0. The number of hydrogen-bond donors (Lipinski definition) is 1. The number of aryl methyl sites for hydroxylation is 1. The molecule has 0 radical (unpaired) electrons. The average Bonchev–Trinajstić information content (AvgIpc) is 1.85. The normalized spacial score (nSPS) is 9.64. The van der Waals surface area contributed by atoms with Gasteiger partial charge in [-0.2, -0.15) is 0 Å². The molecule has 58 valence electrons. The molecule has 0 atom stereocenters. The lowest BCUT2D eigenvalue weighted by Gasteiger charge is -1.96. The third-order valence-electron chi connectivity index (χ3n) is 1.12. The number of hydrogen-bond acceptors (Lipinski definition) is 3. The summed E-state index contributed by atoms with van der Waals surface area (Å²) in [7, 11) is 0. The van der Waals surface area contributed by atoms with Crippen molar-refractivity contribution in [2.75, 3.05) is 0 Å². The van der Waals surface area contributed by atoms with Crippen LogP contribution < -0.4 is 0 Å². The standard InChI is InChI=1S/C6H5ClN2O2/c1-3-5(6(10)11)8-2-4(7)9-3/h2H,1H3,(H,10,11). The topological polar surface area (TPSA) is 63.1 Å². The summed E-state index contributed by atoms with van der Waals surface area (Å²) in [5, 5.41) is 8.71. The van der Waals surface area contributed by atoms with Gasteiger partial charge in [0.05, 0.1) is 11.9 Å². The Bertz CT molecular complexity index is 301. The fourth-order valence-corrected chi connectivity index (χ4v) is 0.839. The molecule has 0 spiro atoms. The molecule has 1 aromatic heterocycles. The number of aromatic carboxylic acids is 1. The number of carboxylic acids is 1. The van der Waals surface area contributed by atoms with Gasteiger partial charge in [-0.3, -0.25) is 0 Å². The Morgan fingerprint density at radius 3 is 2.82 bits per heavy atom. The second-order valence-electron chi connectivity index (χ2n) is 1.93. The van der Waals surface area contributed by atoms with E-state index in [0.29, 0.717) is 5.69 Å². The molecule has 1 rings (SSSR count). The highest BCUT2D eigenvalue weighted by Crippen LogP contribution is 2.06. The SMILES string of the molecule is Cc1nc(Cl)cnc1C(=O)O.